The molecule has 1 rings (SSSR count). The highest BCUT2D eigenvalue weighted by Crippen LogP contribution is 2.22. The van der Waals surface area contributed by atoms with E-state index in [0.29, 0.717) is 18.1 Å². The highest BCUT2D eigenvalue weighted by molar-refractivity contribution is 7.13. The van der Waals surface area contributed by atoms with Crippen LogP contribution in [0.2, 0.25) is 0 Å². The van der Waals surface area contributed by atoms with E-state index >= 15 is 0 Å². The highest BCUT2D eigenvalue weighted by Gasteiger charge is 2.25. The van der Waals surface area contributed by atoms with E-state index in [1.807, 2.05) is 0 Å². The predicted molar refractivity (Wildman–Crippen MR) is 57.5 cm³/mol. The van der Waals surface area contributed by atoms with Crippen molar-refractivity contribution in [2.45, 2.75) is 25.4 Å². The molecule has 0 aliphatic rings. The van der Waals surface area contributed by atoms with Crippen molar-refractivity contribution >= 4 is 22.4 Å². The van der Waals surface area contributed by atoms with Gasteiger partial charge in [-0.3, -0.25) is 0 Å². The molecule has 0 aromatic carbocycles. The number of carboxylic acid groups (broad SMARTS) is 1. The summed E-state index contributed by atoms with van der Waals surface area (Å²) in [6, 6.07) is 0. The zero-order valence-corrected chi connectivity index (χ0v) is 9.57. The first-order valence-electron chi connectivity index (χ1n) is 4.88. The molecule has 0 spiro atoms. The second kappa shape index (κ2) is 5.85. The molecule has 1 aromatic rings. The molecule has 17 heavy (non-hydrogen) atoms. The zero-order chi connectivity index (χ0) is 12.9. The number of carbonyl (C=O) groups is 1. The minimum absolute atomic E-state index is 0.0493. The molecule has 0 saturated heterocycles. The van der Waals surface area contributed by atoms with E-state index in [1.54, 1.807) is 0 Å². The number of thiazole rings is 1. The van der Waals surface area contributed by atoms with Crippen LogP contribution in [0.3, 0.4) is 0 Å². The summed E-state index contributed by atoms with van der Waals surface area (Å²) in [7, 11) is 0. The maximum atomic E-state index is 11.8. The second-order valence-electron chi connectivity index (χ2n) is 3.34. The molecule has 4 nitrogen and oxygen atoms in total. The van der Waals surface area contributed by atoms with Gasteiger partial charge in [0.25, 0.3) is 0 Å². The Morgan fingerprint density at radius 2 is 2.18 bits per heavy atom. The number of rotatable bonds is 6. The lowest BCUT2D eigenvalue weighted by Gasteiger charge is -2.05. The number of carboxylic acids is 1. The average Bonchev–Trinajstić information content (AvgIpc) is 2.64. The molecule has 0 aliphatic heterocycles. The van der Waals surface area contributed by atoms with Gasteiger partial charge in [0.15, 0.2) is 10.8 Å². The quantitative estimate of drug-likeness (QED) is 0.778. The lowest BCUT2D eigenvalue weighted by atomic mass is 10.2. The third-order valence-electron chi connectivity index (χ3n) is 1.89. The van der Waals surface area contributed by atoms with E-state index < -0.39 is 18.6 Å². The topological polar surface area (TPSA) is 62.2 Å². The SMILES string of the molecule is O=C(O)c1csc(NCCCCC(F)(F)F)n1. The molecule has 8 heteroatoms. The van der Waals surface area contributed by atoms with Crippen LogP contribution in [0.5, 0.6) is 0 Å². The molecule has 0 saturated carbocycles. The second-order valence-corrected chi connectivity index (χ2v) is 4.20. The molecular formula is C9H11F3N2O2S. The predicted octanol–water partition coefficient (Wildman–Crippen LogP) is 2.99. The maximum absolute atomic E-state index is 11.8. The fraction of sp³-hybridized carbons (Fsp3) is 0.556. The summed E-state index contributed by atoms with van der Waals surface area (Å²) in [5, 5.41) is 13.2. The maximum Gasteiger partial charge on any atom is 0.389 e. The lowest BCUT2D eigenvalue weighted by Crippen LogP contribution is -2.08. The number of nitrogens with zero attached hydrogens (tertiary/aromatic N) is 1. The van der Waals surface area contributed by atoms with Crippen molar-refractivity contribution in [3.8, 4) is 0 Å². The van der Waals surface area contributed by atoms with Gasteiger partial charge in [-0.1, -0.05) is 0 Å². The van der Waals surface area contributed by atoms with Gasteiger partial charge < -0.3 is 10.4 Å². The number of unbranched alkanes of at least 4 members (excludes halogenated alkanes) is 1. The number of nitrogens with one attached hydrogen (secondary N) is 1. The Bertz CT molecular complexity index is 379. The standard InChI is InChI=1S/C9H11F3N2O2S/c10-9(11,12)3-1-2-4-13-8-14-6(5-17-8)7(15)16/h5H,1-4H2,(H,13,14)(H,15,16). The van der Waals surface area contributed by atoms with Crippen LogP contribution in [0.4, 0.5) is 18.3 Å². The molecule has 0 unspecified atom stereocenters. The number of aromatic nitrogens is 1. The van der Waals surface area contributed by atoms with E-state index in [-0.39, 0.29) is 12.1 Å². The number of alkyl halides is 3. The number of anilines is 1. The Labute approximate surface area is 99.5 Å². The Morgan fingerprint density at radius 1 is 1.47 bits per heavy atom. The van der Waals surface area contributed by atoms with Gasteiger partial charge in [-0.05, 0) is 12.8 Å². The van der Waals surface area contributed by atoms with E-state index in [2.05, 4.69) is 10.3 Å². The monoisotopic (exact) mass is 268 g/mol. The van der Waals surface area contributed by atoms with Crippen LogP contribution in [-0.4, -0.2) is 28.8 Å². The van der Waals surface area contributed by atoms with Crippen molar-refractivity contribution < 1.29 is 23.1 Å². The van der Waals surface area contributed by atoms with Crippen LogP contribution < -0.4 is 5.32 Å². The molecule has 0 amide bonds. The molecule has 0 bridgehead atoms. The molecule has 1 aromatic heterocycles. The van der Waals surface area contributed by atoms with Gasteiger partial charge in [-0.15, -0.1) is 11.3 Å². The largest absolute Gasteiger partial charge is 0.476 e. The molecule has 96 valence electrons. The third-order valence-corrected chi connectivity index (χ3v) is 2.69. The van der Waals surface area contributed by atoms with Crippen molar-refractivity contribution in [2.24, 2.45) is 0 Å². The van der Waals surface area contributed by atoms with Crippen molar-refractivity contribution in [2.75, 3.05) is 11.9 Å². The number of hydrogen-bond donors (Lipinski definition) is 2. The minimum Gasteiger partial charge on any atom is -0.476 e. The summed E-state index contributed by atoms with van der Waals surface area (Å²) < 4.78 is 35.4. The Morgan fingerprint density at radius 3 is 2.71 bits per heavy atom. The molecular weight excluding hydrogens is 257 g/mol. The minimum atomic E-state index is -4.11. The summed E-state index contributed by atoms with van der Waals surface area (Å²) in [6.45, 7) is 0.350. The van der Waals surface area contributed by atoms with Gasteiger partial charge in [0, 0.05) is 18.3 Å². The molecule has 0 radical (unpaired) electrons. The lowest BCUT2D eigenvalue weighted by molar-refractivity contribution is -0.135. The van der Waals surface area contributed by atoms with E-state index in [1.165, 1.54) is 5.38 Å². The smallest absolute Gasteiger partial charge is 0.389 e. The first kappa shape index (κ1) is 13.8. The Hall–Kier alpha value is -1.31. The third kappa shape index (κ3) is 5.53. The summed E-state index contributed by atoms with van der Waals surface area (Å²) in [6.07, 6.45) is -4.50. The van der Waals surface area contributed by atoms with Crippen LogP contribution >= 0.6 is 11.3 Å². The fourth-order valence-corrected chi connectivity index (χ4v) is 1.81. The summed E-state index contributed by atoms with van der Waals surface area (Å²) in [5.74, 6) is -1.12. The van der Waals surface area contributed by atoms with Crippen LogP contribution in [0.1, 0.15) is 29.8 Å². The molecule has 0 aliphatic carbocycles. The van der Waals surface area contributed by atoms with E-state index in [0.717, 1.165) is 11.3 Å². The van der Waals surface area contributed by atoms with E-state index in [9.17, 15) is 18.0 Å². The van der Waals surface area contributed by atoms with Gasteiger partial charge in [0.1, 0.15) is 0 Å². The first-order valence-corrected chi connectivity index (χ1v) is 5.76. The van der Waals surface area contributed by atoms with Crippen LogP contribution in [0, 0.1) is 0 Å². The molecule has 1 heterocycles. The fourth-order valence-electron chi connectivity index (χ4n) is 1.10. The number of aromatic carboxylic acids is 1. The van der Waals surface area contributed by atoms with Crippen molar-refractivity contribution in [3.63, 3.8) is 0 Å². The van der Waals surface area contributed by atoms with Gasteiger partial charge in [-0.25, -0.2) is 9.78 Å². The Kier molecular flexibility index (Phi) is 4.73. The zero-order valence-electron chi connectivity index (χ0n) is 8.75. The van der Waals surface area contributed by atoms with Gasteiger partial charge in [0.05, 0.1) is 0 Å². The first-order chi connectivity index (χ1) is 7.88. The van der Waals surface area contributed by atoms with E-state index in [4.69, 9.17) is 5.11 Å². The highest BCUT2D eigenvalue weighted by atomic mass is 32.1. The van der Waals surface area contributed by atoms with Crippen LogP contribution in [-0.2, 0) is 0 Å². The van der Waals surface area contributed by atoms with Crippen molar-refractivity contribution in [3.05, 3.63) is 11.1 Å². The van der Waals surface area contributed by atoms with Crippen LogP contribution in [0.15, 0.2) is 5.38 Å². The number of halogens is 3. The van der Waals surface area contributed by atoms with Crippen molar-refractivity contribution in [1.82, 2.24) is 4.98 Å². The summed E-state index contributed by atoms with van der Waals surface area (Å²) >= 11 is 1.12. The summed E-state index contributed by atoms with van der Waals surface area (Å²) in [5.41, 5.74) is -0.0622. The number of hydrogen-bond acceptors (Lipinski definition) is 4. The molecule has 0 fully saturated rings. The molecule has 2 N–H and O–H groups in total. The molecule has 0 atom stereocenters. The van der Waals surface area contributed by atoms with Gasteiger partial charge in [-0.2, -0.15) is 13.2 Å². The van der Waals surface area contributed by atoms with Gasteiger partial charge in [0.2, 0.25) is 0 Å². The summed E-state index contributed by atoms with van der Waals surface area (Å²) in [4.78, 5) is 14.2. The average molecular weight is 268 g/mol. The van der Waals surface area contributed by atoms with Gasteiger partial charge >= 0.3 is 12.1 Å². The normalized spacial score (nSPS) is 11.5. The van der Waals surface area contributed by atoms with Crippen LogP contribution in [0.25, 0.3) is 0 Å². The Balaban J connectivity index is 2.20. The van der Waals surface area contributed by atoms with Crippen molar-refractivity contribution in [1.29, 1.82) is 0 Å².